The van der Waals surface area contributed by atoms with Crippen molar-refractivity contribution in [1.82, 2.24) is 21.1 Å². The number of hydrogen-bond acceptors (Lipinski definition) is 5. The second-order valence-corrected chi connectivity index (χ2v) is 6.25. The summed E-state index contributed by atoms with van der Waals surface area (Å²) < 4.78 is 10.7. The molecule has 1 saturated heterocycles. The fraction of sp³-hybridized carbons (Fsp3) is 0.529. The maximum Gasteiger partial charge on any atom is 0.276 e. The fourth-order valence-corrected chi connectivity index (χ4v) is 2.54. The maximum atomic E-state index is 11.7. The zero-order valence-corrected chi connectivity index (χ0v) is 15.4. The van der Waals surface area contributed by atoms with Gasteiger partial charge in [-0.05, 0) is 49.8 Å². The zero-order chi connectivity index (χ0) is 17.9. The van der Waals surface area contributed by atoms with E-state index in [1.165, 1.54) is 0 Å². The van der Waals surface area contributed by atoms with Crippen molar-refractivity contribution in [2.75, 3.05) is 46.0 Å². The summed E-state index contributed by atoms with van der Waals surface area (Å²) in [5, 5.41) is 3.46. The van der Waals surface area contributed by atoms with E-state index in [9.17, 15) is 4.79 Å². The van der Waals surface area contributed by atoms with Crippen LogP contribution in [0.25, 0.3) is 0 Å². The lowest BCUT2D eigenvalue weighted by molar-refractivity contribution is -0.123. The molecule has 1 aromatic carbocycles. The Hall–Kier alpha value is -1.90. The van der Waals surface area contributed by atoms with Crippen molar-refractivity contribution in [3.05, 3.63) is 29.8 Å². The maximum absolute atomic E-state index is 11.7. The van der Waals surface area contributed by atoms with Crippen LogP contribution in [0, 0.1) is 6.92 Å². The van der Waals surface area contributed by atoms with Gasteiger partial charge in [0.15, 0.2) is 11.7 Å². The third kappa shape index (κ3) is 8.15. The summed E-state index contributed by atoms with van der Waals surface area (Å²) >= 11 is 5.13. The van der Waals surface area contributed by atoms with Gasteiger partial charge < -0.3 is 14.8 Å². The average Bonchev–Trinajstić information content (AvgIpc) is 2.63. The first-order chi connectivity index (χ1) is 12.1. The number of hydrogen-bond donors (Lipinski definition) is 3. The first kappa shape index (κ1) is 19.4. The standard InChI is InChI=1S/C17H26N4O3S/c1-14-4-2-5-15(12-14)24-13-16(22)19-20-17(25)18-6-3-7-21-8-10-23-11-9-21/h2,4-5,12H,3,6-11,13H2,1H3,(H,19,22)(H2,18,20,25). The molecule has 2 rings (SSSR count). The summed E-state index contributed by atoms with van der Waals surface area (Å²) in [6.45, 7) is 7.25. The van der Waals surface area contributed by atoms with Gasteiger partial charge in [-0.1, -0.05) is 12.1 Å². The van der Waals surface area contributed by atoms with Crippen LogP contribution in [0.15, 0.2) is 24.3 Å². The number of carbonyl (C=O) groups is 1. The van der Waals surface area contributed by atoms with Crippen LogP contribution in [0.5, 0.6) is 5.75 Å². The summed E-state index contributed by atoms with van der Waals surface area (Å²) in [7, 11) is 0. The quantitative estimate of drug-likeness (QED) is 0.370. The van der Waals surface area contributed by atoms with E-state index in [-0.39, 0.29) is 12.5 Å². The lowest BCUT2D eigenvalue weighted by Crippen LogP contribution is -2.48. The van der Waals surface area contributed by atoms with E-state index in [0.717, 1.165) is 51.4 Å². The van der Waals surface area contributed by atoms with Gasteiger partial charge >= 0.3 is 0 Å². The number of morpholine rings is 1. The van der Waals surface area contributed by atoms with Gasteiger partial charge in [0, 0.05) is 19.6 Å². The molecule has 8 heteroatoms. The molecule has 1 amide bonds. The van der Waals surface area contributed by atoms with E-state index in [1.54, 1.807) is 0 Å². The molecule has 138 valence electrons. The molecule has 0 bridgehead atoms. The minimum absolute atomic E-state index is 0.0733. The Morgan fingerprint density at radius 1 is 1.32 bits per heavy atom. The van der Waals surface area contributed by atoms with E-state index in [2.05, 4.69) is 21.1 Å². The van der Waals surface area contributed by atoms with Crippen molar-refractivity contribution < 1.29 is 14.3 Å². The molecular weight excluding hydrogens is 340 g/mol. The van der Waals surface area contributed by atoms with Crippen molar-refractivity contribution in [1.29, 1.82) is 0 Å². The van der Waals surface area contributed by atoms with E-state index in [1.807, 2.05) is 31.2 Å². The van der Waals surface area contributed by atoms with Crippen LogP contribution >= 0.6 is 12.2 Å². The number of amides is 1. The zero-order valence-electron chi connectivity index (χ0n) is 14.5. The van der Waals surface area contributed by atoms with Gasteiger partial charge in [0.1, 0.15) is 5.75 Å². The van der Waals surface area contributed by atoms with Crippen LogP contribution in [0.1, 0.15) is 12.0 Å². The third-order valence-corrected chi connectivity index (χ3v) is 3.96. The van der Waals surface area contributed by atoms with Gasteiger partial charge in [-0.15, -0.1) is 0 Å². The molecule has 0 aliphatic carbocycles. The van der Waals surface area contributed by atoms with Crippen molar-refractivity contribution in [2.45, 2.75) is 13.3 Å². The summed E-state index contributed by atoms with van der Waals surface area (Å²) in [5.74, 6) is 0.373. The highest BCUT2D eigenvalue weighted by Gasteiger charge is 2.09. The first-order valence-electron chi connectivity index (χ1n) is 8.46. The largest absolute Gasteiger partial charge is 0.484 e. The van der Waals surface area contributed by atoms with Crippen LogP contribution < -0.4 is 20.9 Å². The highest BCUT2D eigenvalue weighted by atomic mass is 32.1. The first-order valence-corrected chi connectivity index (χ1v) is 8.86. The van der Waals surface area contributed by atoms with Gasteiger partial charge in [0.2, 0.25) is 0 Å². The Bertz CT molecular complexity index is 565. The average molecular weight is 366 g/mol. The third-order valence-electron chi connectivity index (χ3n) is 3.72. The van der Waals surface area contributed by atoms with E-state index < -0.39 is 0 Å². The fourth-order valence-electron chi connectivity index (χ4n) is 2.39. The van der Waals surface area contributed by atoms with E-state index >= 15 is 0 Å². The molecule has 1 aliphatic heterocycles. The Balaban J connectivity index is 1.51. The Kier molecular flexibility index (Phi) is 8.44. The van der Waals surface area contributed by atoms with Crippen molar-refractivity contribution in [2.24, 2.45) is 0 Å². The molecule has 1 heterocycles. The molecule has 0 unspecified atom stereocenters. The molecule has 7 nitrogen and oxygen atoms in total. The van der Waals surface area contributed by atoms with Crippen LogP contribution in [0.4, 0.5) is 0 Å². The smallest absolute Gasteiger partial charge is 0.276 e. The predicted octanol–water partition coefficient (Wildman–Crippen LogP) is 0.591. The number of nitrogens with one attached hydrogen (secondary N) is 3. The number of benzene rings is 1. The monoisotopic (exact) mass is 366 g/mol. The van der Waals surface area contributed by atoms with Gasteiger partial charge in [0.25, 0.3) is 5.91 Å². The molecule has 0 radical (unpaired) electrons. The Morgan fingerprint density at radius 3 is 2.88 bits per heavy atom. The van der Waals surface area contributed by atoms with E-state index in [0.29, 0.717) is 10.9 Å². The molecule has 1 aliphatic rings. The Labute approximate surface area is 154 Å². The number of thiocarbonyl (C=S) groups is 1. The number of nitrogens with zero attached hydrogens (tertiary/aromatic N) is 1. The molecule has 1 fully saturated rings. The topological polar surface area (TPSA) is 74.9 Å². The molecule has 3 N–H and O–H groups in total. The van der Waals surface area contributed by atoms with Gasteiger partial charge in [-0.2, -0.15) is 0 Å². The minimum atomic E-state index is -0.293. The lowest BCUT2D eigenvalue weighted by atomic mass is 10.2. The van der Waals surface area contributed by atoms with Gasteiger partial charge in [-0.3, -0.25) is 20.5 Å². The lowest BCUT2D eigenvalue weighted by Gasteiger charge is -2.26. The minimum Gasteiger partial charge on any atom is -0.484 e. The van der Waals surface area contributed by atoms with Crippen molar-refractivity contribution >= 4 is 23.2 Å². The molecule has 0 saturated carbocycles. The van der Waals surface area contributed by atoms with Crippen LogP contribution in [-0.4, -0.2) is 61.9 Å². The van der Waals surface area contributed by atoms with E-state index in [4.69, 9.17) is 21.7 Å². The predicted molar refractivity (Wildman–Crippen MR) is 100 cm³/mol. The SMILES string of the molecule is Cc1cccc(OCC(=O)NNC(=S)NCCCN2CCOCC2)c1. The molecule has 0 aromatic heterocycles. The van der Waals surface area contributed by atoms with Crippen molar-refractivity contribution in [3.8, 4) is 5.75 Å². The van der Waals surface area contributed by atoms with Crippen molar-refractivity contribution in [3.63, 3.8) is 0 Å². The highest BCUT2D eigenvalue weighted by Crippen LogP contribution is 2.11. The molecule has 25 heavy (non-hydrogen) atoms. The number of carbonyl (C=O) groups excluding carboxylic acids is 1. The number of hydrazine groups is 1. The van der Waals surface area contributed by atoms with Crippen LogP contribution in [0.3, 0.4) is 0 Å². The van der Waals surface area contributed by atoms with Crippen LogP contribution in [-0.2, 0) is 9.53 Å². The molecule has 0 atom stereocenters. The summed E-state index contributed by atoms with van der Waals surface area (Å²) in [4.78, 5) is 14.1. The number of ether oxygens (including phenoxy) is 2. The van der Waals surface area contributed by atoms with Gasteiger partial charge in [0.05, 0.1) is 13.2 Å². The summed E-state index contributed by atoms with van der Waals surface area (Å²) in [6.07, 6.45) is 0.978. The molecule has 0 spiro atoms. The number of rotatable bonds is 7. The summed E-state index contributed by atoms with van der Waals surface area (Å²) in [5.41, 5.74) is 6.27. The second-order valence-electron chi connectivity index (χ2n) is 5.84. The molecular formula is C17H26N4O3S. The van der Waals surface area contributed by atoms with Crippen LogP contribution in [0.2, 0.25) is 0 Å². The molecule has 1 aromatic rings. The normalized spacial score (nSPS) is 14.6. The summed E-state index contributed by atoms with van der Waals surface area (Å²) in [6, 6.07) is 7.55. The Morgan fingerprint density at radius 2 is 2.12 bits per heavy atom. The highest BCUT2D eigenvalue weighted by molar-refractivity contribution is 7.80. The second kappa shape index (κ2) is 10.9. The van der Waals surface area contributed by atoms with Gasteiger partial charge in [-0.25, -0.2) is 0 Å². The number of aryl methyl sites for hydroxylation is 1.